The lowest BCUT2D eigenvalue weighted by molar-refractivity contribution is -0.156. The number of rotatable bonds is 4. The topological polar surface area (TPSA) is 63.6 Å². The minimum absolute atomic E-state index is 0.0836. The van der Waals surface area contributed by atoms with Crippen LogP contribution in [0.15, 0.2) is 18.2 Å². The summed E-state index contributed by atoms with van der Waals surface area (Å²) in [6.45, 7) is 0. The third-order valence-corrected chi connectivity index (χ3v) is 2.15. The molecule has 0 aromatic heterocycles. The molecule has 0 heterocycles. The van der Waals surface area contributed by atoms with Gasteiger partial charge in [0.15, 0.2) is 5.92 Å². The van der Waals surface area contributed by atoms with Crippen molar-refractivity contribution in [3.8, 4) is 0 Å². The summed E-state index contributed by atoms with van der Waals surface area (Å²) in [4.78, 5) is 21.9. The van der Waals surface area contributed by atoms with E-state index >= 15 is 0 Å². The number of carbonyl (C=O) groups excluding carboxylic acids is 1. The number of carboxylic acid groups (broad SMARTS) is 1. The van der Waals surface area contributed by atoms with Crippen LogP contribution in [0.1, 0.15) is 5.56 Å². The molecule has 1 rings (SSSR count). The van der Waals surface area contributed by atoms with Crippen molar-refractivity contribution in [2.45, 2.75) is 6.42 Å². The molecule has 1 unspecified atom stereocenters. The van der Waals surface area contributed by atoms with Gasteiger partial charge in [-0.15, -0.1) is 0 Å². The molecule has 0 radical (unpaired) electrons. The summed E-state index contributed by atoms with van der Waals surface area (Å²) in [5, 5.41) is 8.79. The summed E-state index contributed by atoms with van der Waals surface area (Å²) in [5.41, 5.74) is 0.0836. The van der Waals surface area contributed by atoms with E-state index in [0.29, 0.717) is 6.07 Å². The van der Waals surface area contributed by atoms with Crippen LogP contribution >= 0.6 is 0 Å². The van der Waals surface area contributed by atoms with Crippen LogP contribution in [0.3, 0.4) is 0 Å². The van der Waals surface area contributed by atoms with Gasteiger partial charge in [0, 0.05) is 6.07 Å². The quantitative estimate of drug-likeness (QED) is 0.642. The van der Waals surface area contributed by atoms with Crippen molar-refractivity contribution >= 4 is 11.9 Å². The van der Waals surface area contributed by atoms with E-state index in [1.165, 1.54) is 0 Å². The molecule has 1 atom stereocenters. The maximum absolute atomic E-state index is 12.9. The highest BCUT2D eigenvalue weighted by atomic mass is 19.1. The van der Waals surface area contributed by atoms with Crippen molar-refractivity contribution in [2.75, 3.05) is 7.11 Å². The maximum atomic E-state index is 12.9. The number of esters is 1. The fourth-order valence-electron chi connectivity index (χ4n) is 1.38. The Bertz CT molecular complexity index is 425. The van der Waals surface area contributed by atoms with Gasteiger partial charge in [-0.1, -0.05) is 0 Å². The Morgan fingerprint density at radius 2 is 1.82 bits per heavy atom. The van der Waals surface area contributed by atoms with Gasteiger partial charge in [0.25, 0.3) is 0 Å². The molecule has 0 aliphatic rings. The molecule has 4 nitrogen and oxygen atoms in total. The molecule has 92 valence electrons. The highest BCUT2D eigenvalue weighted by Crippen LogP contribution is 2.14. The lowest BCUT2D eigenvalue weighted by atomic mass is 9.99. The zero-order valence-electron chi connectivity index (χ0n) is 8.94. The number of carboxylic acids is 1. The summed E-state index contributed by atoms with van der Waals surface area (Å²) in [7, 11) is 1.05. The molecule has 0 saturated carbocycles. The molecule has 0 saturated heterocycles. The monoisotopic (exact) mass is 244 g/mol. The molecular weight excluding hydrogens is 234 g/mol. The third kappa shape index (κ3) is 3.51. The van der Waals surface area contributed by atoms with E-state index in [1.54, 1.807) is 0 Å². The normalized spacial score (nSPS) is 11.9. The second-order valence-electron chi connectivity index (χ2n) is 3.40. The van der Waals surface area contributed by atoms with Crippen molar-refractivity contribution in [3.63, 3.8) is 0 Å². The van der Waals surface area contributed by atoms with E-state index in [2.05, 4.69) is 4.74 Å². The predicted molar refractivity (Wildman–Crippen MR) is 53.2 cm³/mol. The van der Waals surface area contributed by atoms with Crippen molar-refractivity contribution in [3.05, 3.63) is 35.4 Å². The van der Waals surface area contributed by atoms with E-state index < -0.39 is 29.5 Å². The average molecular weight is 244 g/mol. The highest BCUT2D eigenvalue weighted by molar-refractivity contribution is 5.94. The largest absolute Gasteiger partial charge is 0.481 e. The zero-order chi connectivity index (χ0) is 13.0. The van der Waals surface area contributed by atoms with Crippen LogP contribution in [0.2, 0.25) is 0 Å². The van der Waals surface area contributed by atoms with Crippen molar-refractivity contribution in [1.82, 2.24) is 0 Å². The number of halogens is 2. The van der Waals surface area contributed by atoms with Crippen LogP contribution in [0.25, 0.3) is 0 Å². The second-order valence-corrected chi connectivity index (χ2v) is 3.40. The fraction of sp³-hybridized carbons (Fsp3) is 0.273. The van der Waals surface area contributed by atoms with Crippen LogP contribution in [0.4, 0.5) is 8.78 Å². The maximum Gasteiger partial charge on any atom is 0.320 e. The van der Waals surface area contributed by atoms with Crippen LogP contribution in [-0.2, 0) is 20.7 Å². The molecule has 0 aliphatic carbocycles. The zero-order valence-corrected chi connectivity index (χ0v) is 8.94. The summed E-state index contributed by atoms with van der Waals surface area (Å²) in [5.74, 6) is -5.48. The molecule has 6 heteroatoms. The standard InChI is InChI=1S/C11H10F2O4/c1-17-11(16)9(10(14)15)4-6-2-7(12)5-8(13)3-6/h2-3,5,9H,4H2,1H3,(H,14,15). The summed E-state index contributed by atoms with van der Waals surface area (Å²) in [6.07, 6.45) is -0.323. The van der Waals surface area contributed by atoms with Gasteiger partial charge in [0.1, 0.15) is 11.6 Å². The minimum atomic E-state index is -1.47. The SMILES string of the molecule is COC(=O)C(Cc1cc(F)cc(F)c1)C(=O)O. The molecule has 17 heavy (non-hydrogen) atoms. The first-order valence-electron chi connectivity index (χ1n) is 4.69. The van der Waals surface area contributed by atoms with Gasteiger partial charge in [0.2, 0.25) is 0 Å². The van der Waals surface area contributed by atoms with Gasteiger partial charge in [-0.3, -0.25) is 9.59 Å². The number of methoxy groups -OCH3 is 1. The number of aliphatic carboxylic acids is 1. The van der Waals surface area contributed by atoms with Crippen molar-refractivity contribution in [2.24, 2.45) is 5.92 Å². The van der Waals surface area contributed by atoms with Gasteiger partial charge in [-0.25, -0.2) is 8.78 Å². The predicted octanol–water partition coefficient (Wildman–Crippen LogP) is 1.38. The Hall–Kier alpha value is -1.98. The van der Waals surface area contributed by atoms with E-state index in [4.69, 9.17) is 5.11 Å². The molecule has 1 aromatic carbocycles. The van der Waals surface area contributed by atoms with Gasteiger partial charge in [-0.05, 0) is 24.1 Å². The van der Waals surface area contributed by atoms with Gasteiger partial charge in [0.05, 0.1) is 7.11 Å². The fourth-order valence-corrected chi connectivity index (χ4v) is 1.38. The second kappa shape index (κ2) is 5.38. The Kier molecular flexibility index (Phi) is 4.14. The van der Waals surface area contributed by atoms with E-state index in [1.807, 2.05) is 0 Å². The van der Waals surface area contributed by atoms with Crippen molar-refractivity contribution < 1.29 is 28.2 Å². The summed E-state index contributed by atoms with van der Waals surface area (Å²) >= 11 is 0. The summed E-state index contributed by atoms with van der Waals surface area (Å²) in [6, 6.07) is 2.61. The number of ether oxygens (including phenoxy) is 1. The molecule has 0 aliphatic heterocycles. The molecule has 0 amide bonds. The molecule has 1 N–H and O–H groups in total. The van der Waals surface area contributed by atoms with Crippen LogP contribution in [0, 0.1) is 17.6 Å². The molecule has 1 aromatic rings. The molecule has 0 spiro atoms. The number of carbonyl (C=O) groups is 2. The highest BCUT2D eigenvalue weighted by Gasteiger charge is 2.27. The van der Waals surface area contributed by atoms with Crippen LogP contribution < -0.4 is 0 Å². The molecule has 0 bridgehead atoms. The lowest BCUT2D eigenvalue weighted by Crippen LogP contribution is -2.27. The van der Waals surface area contributed by atoms with Gasteiger partial charge < -0.3 is 9.84 Å². The number of hydrogen-bond donors (Lipinski definition) is 1. The third-order valence-electron chi connectivity index (χ3n) is 2.15. The lowest BCUT2D eigenvalue weighted by Gasteiger charge is -2.10. The van der Waals surface area contributed by atoms with Crippen LogP contribution in [-0.4, -0.2) is 24.2 Å². The van der Waals surface area contributed by atoms with Crippen LogP contribution in [0.5, 0.6) is 0 Å². The first kappa shape index (κ1) is 13.1. The minimum Gasteiger partial charge on any atom is -0.481 e. The average Bonchev–Trinajstić information content (AvgIpc) is 2.23. The Labute approximate surface area is 95.8 Å². The van der Waals surface area contributed by atoms with Gasteiger partial charge >= 0.3 is 11.9 Å². The molecular formula is C11H10F2O4. The smallest absolute Gasteiger partial charge is 0.320 e. The van der Waals surface area contributed by atoms with Crippen molar-refractivity contribution in [1.29, 1.82) is 0 Å². The Morgan fingerprint density at radius 3 is 2.24 bits per heavy atom. The first-order chi connectivity index (χ1) is 7.93. The first-order valence-corrected chi connectivity index (χ1v) is 4.69. The van der Waals surface area contributed by atoms with E-state index in [9.17, 15) is 18.4 Å². The summed E-state index contributed by atoms with van der Waals surface area (Å²) < 4.78 is 30.0. The van der Waals surface area contributed by atoms with Gasteiger partial charge in [-0.2, -0.15) is 0 Å². The Morgan fingerprint density at radius 1 is 1.29 bits per heavy atom. The van der Waals surface area contributed by atoms with E-state index in [0.717, 1.165) is 19.2 Å². The molecule has 0 fully saturated rings. The number of benzene rings is 1. The van der Waals surface area contributed by atoms with E-state index in [-0.39, 0.29) is 12.0 Å². The Balaban J connectivity index is 2.93. The number of hydrogen-bond acceptors (Lipinski definition) is 3.